The third-order valence-electron chi connectivity index (χ3n) is 4.81. The lowest BCUT2D eigenvalue weighted by Crippen LogP contribution is -2.54. The van der Waals surface area contributed by atoms with Crippen LogP contribution in [0.25, 0.3) is 0 Å². The third-order valence-corrected chi connectivity index (χ3v) is 4.81. The lowest BCUT2D eigenvalue weighted by molar-refractivity contribution is -0.141. The summed E-state index contributed by atoms with van der Waals surface area (Å²) < 4.78 is 5.21. The molecule has 0 saturated carbocycles. The van der Waals surface area contributed by atoms with Gasteiger partial charge in [0.05, 0.1) is 6.54 Å². The number of hydrogen-bond donors (Lipinski definition) is 5. The smallest absolute Gasteiger partial charge is 0.408 e. The number of alkyl carbamates (subject to hydrolysis) is 1. The van der Waals surface area contributed by atoms with E-state index in [2.05, 4.69) is 21.3 Å². The molecule has 1 aromatic rings. The first-order valence-corrected chi connectivity index (χ1v) is 11.8. The number of aliphatic carboxylic acids is 1. The van der Waals surface area contributed by atoms with Crippen molar-refractivity contribution in [3.05, 3.63) is 35.9 Å². The van der Waals surface area contributed by atoms with Crippen molar-refractivity contribution in [2.75, 3.05) is 6.54 Å². The molecule has 0 aliphatic carbocycles. The normalized spacial score (nSPS) is 13.6. The first-order chi connectivity index (χ1) is 16.7. The van der Waals surface area contributed by atoms with Gasteiger partial charge in [0.2, 0.25) is 17.7 Å². The molecule has 200 valence electrons. The highest BCUT2D eigenvalue weighted by atomic mass is 16.6. The summed E-state index contributed by atoms with van der Waals surface area (Å²) in [6, 6.07) is 5.72. The van der Waals surface area contributed by atoms with Crippen LogP contribution < -0.4 is 21.3 Å². The molecule has 0 aromatic heterocycles. The molecule has 0 spiro atoms. The monoisotopic (exact) mass is 506 g/mol. The maximum absolute atomic E-state index is 12.7. The summed E-state index contributed by atoms with van der Waals surface area (Å²) in [5, 5.41) is 19.2. The highest BCUT2D eigenvalue weighted by molar-refractivity contribution is 5.93. The maximum Gasteiger partial charge on any atom is 0.408 e. The Hall–Kier alpha value is -3.63. The number of nitrogens with one attached hydrogen (secondary N) is 4. The van der Waals surface area contributed by atoms with E-state index in [9.17, 15) is 29.1 Å². The number of benzene rings is 1. The Morgan fingerprint density at radius 3 is 2.03 bits per heavy atom. The van der Waals surface area contributed by atoms with Gasteiger partial charge in [-0.15, -0.1) is 0 Å². The summed E-state index contributed by atoms with van der Waals surface area (Å²) in [5.74, 6) is -3.03. The molecule has 11 nitrogen and oxygen atoms in total. The van der Waals surface area contributed by atoms with Gasteiger partial charge < -0.3 is 31.1 Å². The molecule has 3 atom stereocenters. The number of carboxylic acid groups (broad SMARTS) is 1. The Morgan fingerprint density at radius 1 is 0.889 bits per heavy atom. The van der Waals surface area contributed by atoms with Crippen molar-refractivity contribution in [3.8, 4) is 0 Å². The minimum absolute atomic E-state index is 0.0709. The van der Waals surface area contributed by atoms with Gasteiger partial charge in [0.1, 0.15) is 23.7 Å². The van der Waals surface area contributed by atoms with Crippen molar-refractivity contribution in [1.29, 1.82) is 0 Å². The van der Waals surface area contributed by atoms with Crippen LogP contribution in [0.15, 0.2) is 30.3 Å². The predicted octanol–water partition coefficient (Wildman–Crippen LogP) is 1.36. The number of hydrogen-bond acceptors (Lipinski definition) is 6. The van der Waals surface area contributed by atoms with E-state index in [1.165, 1.54) is 6.92 Å². The van der Waals surface area contributed by atoms with Crippen LogP contribution in [0.5, 0.6) is 0 Å². The van der Waals surface area contributed by atoms with Crippen LogP contribution >= 0.6 is 0 Å². The minimum atomic E-state index is -1.20. The van der Waals surface area contributed by atoms with Crippen molar-refractivity contribution in [2.45, 2.75) is 78.1 Å². The number of carboxylic acids is 1. The second-order valence-electron chi connectivity index (χ2n) is 9.92. The van der Waals surface area contributed by atoms with Gasteiger partial charge in [0.25, 0.3) is 0 Å². The van der Waals surface area contributed by atoms with E-state index in [0.29, 0.717) is 6.42 Å². The molecule has 0 bridgehead atoms. The number of amides is 4. The lowest BCUT2D eigenvalue weighted by atomic mass is 10.0. The molecule has 0 heterocycles. The Balaban J connectivity index is 2.62. The van der Waals surface area contributed by atoms with Gasteiger partial charge in [-0.05, 0) is 45.6 Å². The summed E-state index contributed by atoms with van der Waals surface area (Å²) in [6.45, 7) is 9.83. The van der Waals surface area contributed by atoms with E-state index >= 15 is 0 Å². The average Bonchev–Trinajstić information content (AvgIpc) is 2.75. The topological polar surface area (TPSA) is 163 Å². The van der Waals surface area contributed by atoms with Crippen LogP contribution in [0.2, 0.25) is 0 Å². The fourth-order valence-electron chi connectivity index (χ4n) is 3.15. The molecule has 0 aliphatic heterocycles. The third kappa shape index (κ3) is 12.2. The maximum atomic E-state index is 12.7. The van der Waals surface area contributed by atoms with E-state index in [4.69, 9.17) is 4.74 Å². The largest absolute Gasteiger partial charge is 0.480 e. The molecular formula is C25H38N4O7. The van der Waals surface area contributed by atoms with E-state index in [-0.39, 0.29) is 12.3 Å². The Morgan fingerprint density at radius 2 is 1.50 bits per heavy atom. The first kappa shape index (κ1) is 30.4. The molecule has 0 aliphatic rings. The molecule has 1 rings (SSSR count). The first-order valence-electron chi connectivity index (χ1n) is 11.8. The fourth-order valence-corrected chi connectivity index (χ4v) is 3.15. The summed E-state index contributed by atoms with van der Waals surface area (Å²) in [7, 11) is 0. The zero-order valence-electron chi connectivity index (χ0n) is 21.7. The minimum Gasteiger partial charge on any atom is -0.480 e. The van der Waals surface area contributed by atoms with E-state index in [0.717, 1.165) is 5.56 Å². The molecule has 0 radical (unpaired) electrons. The SMILES string of the molecule is CC(C)CC(NC(=O)OC(C)(C)C)C(=O)NC(C)C(=O)NCC(=O)NC(Cc1ccccc1)C(=O)O. The highest BCUT2D eigenvalue weighted by Gasteiger charge is 2.28. The lowest BCUT2D eigenvalue weighted by Gasteiger charge is -2.25. The molecule has 11 heteroatoms. The van der Waals surface area contributed by atoms with Gasteiger partial charge in [-0.3, -0.25) is 14.4 Å². The van der Waals surface area contributed by atoms with E-state index in [1.54, 1.807) is 51.1 Å². The summed E-state index contributed by atoms with van der Waals surface area (Å²) in [5.41, 5.74) is -0.00115. The van der Waals surface area contributed by atoms with E-state index in [1.807, 2.05) is 13.8 Å². The van der Waals surface area contributed by atoms with Crippen LogP contribution in [-0.4, -0.2) is 65.2 Å². The van der Waals surface area contributed by atoms with Crippen LogP contribution in [-0.2, 0) is 30.3 Å². The van der Waals surface area contributed by atoms with Gasteiger partial charge in [-0.1, -0.05) is 44.2 Å². The van der Waals surface area contributed by atoms with Crippen LogP contribution in [0, 0.1) is 5.92 Å². The fraction of sp³-hybridized carbons (Fsp3) is 0.560. The van der Waals surface area contributed by atoms with Crippen molar-refractivity contribution in [3.63, 3.8) is 0 Å². The summed E-state index contributed by atoms with van der Waals surface area (Å²) in [6.07, 6.45) is -0.343. The van der Waals surface area contributed by atoms with E-state index < -0.39 is 60.1 Å². The van der Waals surface area contributed by atoms with Crippen LogP contribution in [0.1, 0.15) is 53.5 Å². The highest BCUT2D eigenvalue weighted by Crippen LogP contribution is 2.10. The Bertz CT molecular complexity index is 913. The van der Waals surface area contributed by atoms with Crippen LogP contribution in [0.3, 0.4) is 0 Å². The molecule has 36 heavy (non-hydrogen) atoms. The summed E-state index contributed by atoms with van der Waals surface area (Å²) in [4.78, 5) is 61.0. The Labute approximate surface area is 211 Å². The standard InChI is InChI=1S/C25H38N4O7/c1-15(2)12-18(29-24(35)36-25(4,5)6)22(32)27-16(3)21(31)26-14-20(30)28-19(23(33)34)13-17-10-8-7-9-11-17/h7-11,15-16,18-19H,12-14H2,1-6H3,(H,26,31)(H,27,32)(H,28,30)(H,29,35)(H,33,34). The van der Waals surface area contributed by atoms with Gasteiger partial charge in [0.15, 0.2) is 0 Å². The second kappa shape index (κ2) is 14.1. The number of ether oxygens (including phenoxy) is 1. The van der Waals surface area contributed by atoms with Crippen molar-refractivity contribution < 1.29 is 33.8 Å². The number of rotatable bonds is 12. The van der Waals surface area contributed by atoms with Crippen molar-refractivity contribution >= 4 is 29.8 Å². The molecular weight excluding hydrogens is 468 g/mol. The van der Waals surface area contributed by atoms with Gasteiger partial charge in [0, 0.05) is 6.42 Å². The molecule has 0 saturated heterocycles. The van der Waals surface area contributed by atoms with Gasteiger partial charge in [-0.2, -0.15) is 0 Å². The zero-order valence-corrected chi connectivity index (χ0v) is 21.7. The average molecular weight is 507 g/mol. The van der Waals surface area contributed by atoms with Gasteiger partial charge >= 0.3 is 12.1 Å². The molecule has 0 fully saturated rings. The predicted molar refractivity (Wildman–Crippen MR) is 133 cm³/mol. The molecule has 3 unspecified atom stereocenters. The zero-order chi connectivity index (χ0) is 27.5. The molecule has 5 N–H and O–H groups in total. The number of carbonyl (C=O) groups excluding carboxylic acids is 4. The van der Waals surface area contributed by atoms with Crippen LogP contribution in [0.4, 0.5) is 4.79 Å². The second-order valence-corrected chi connectivity index (χ2v) is 9.92. The molecule has 4 amide bonds. The molecule has 1 aromatic carbocycles. The van der Waals surface area contributed by atoms with Crippen molar-refractivity contribution in [1.82, 2.24) is 21.3 Å². The summed E-state index contributed by atoms with van der Waals surface area (Å²) >= 11 is 0. The van der Waals surface area contributed by atoms with Crippen molar-refractivity contribution in [2.24, 2.45) is 5.92 Å². The quantitative estimate of drug-likeness (QED) is 0.286. The van der Waals surface area contributed by atoms with Gasteiger partial charge in [-0.25, -0.2) is 9.59 Å². The number of carbonyl (C=O) groups is 5. The Kier molecular flexibility index (Phi) is 11.9.